The second-order valence-corrected chi connectivity index (χ2v) is 2.46. The summed E-state index contributed by atoms with van der Waals surface area (Å²) in [5.74, 6) is 0.459. The molecule has 0 spiro atoms. The molecule has 0 aliphatic rings. The second kappa shape index (κ2) is 1.95. The number of fused-ring (bicyclic) bond motifs is 1. The molecule has 0 aliphatic heterocycles. The Morgan fingerprint density at radius 2 is 2.36 bits per heavy atom. The summed E-state index contributed by atoms with van der Waals surface area (Å²) in [4.78, 5) is 11.2. The zero-order chi connectivity index (χ0) is 7.84. The Morgan fingerprint density at radius 3 is 3.18 bits per heavy atom. The highest BCUT2D eigenvalue weighted by Crippen LogP contribution is 2.12. The minimum atomic E-state index is 0.459. The second-order valence-electron chi connectivity index (χ2n) is 2.46. The third-order valence-electron chi connectivity index (χ3n) is 1.59. The maximum atomic E-state index is 5.46. The first kappa shape index (κ1) is 6.15. The third kappa shape index (κ3) is 0.832. The van der Waals surface area contributed by atoms with Crippen LogP contribution in [0.5, 0.6) is 0 Å². The standard InChI is InChI=1S/C7H8N4/c1-4-2-9-7-6(4)11-5(8)3-10-7/h2-3H,1H3,(H2,8,11)(H,9,10). The van der Waals surface area contributed by atoms with Gasteiger partial charge in [0.25, 0.3) is 0 Å². The zero-order valence-electron chi connectivity index (χ0n) is 6.13. The van der Waals surface area contributed by atoms with Crippen molar-refractivity contribution in [3.05, 3.63) is 18.0 Å². The van der Waals surface area contributed by atoms with Gasteiger partial charge in [0.1, 0.15) is 11.3 Å². The Morgan fingerprint density at radius 1 is 1.55 bits per heavy atom. The molecule has 56 valence electrons. The molecule has 4 nitrogen and oxygen atoms in total. The van der Waals surface area contributed by atoms with Gasteiger partial charge in [0.2, 0.25) is 0 Å². The van der Waals surface area contributed by atoms with Crippen LogP contribution in [0.2, 0.25) is 0 Å². The molecule has 0 atom stereocenters. The lowest BCUT2D eigenvalue weighted by molar-refractivity contribution is 1.27. The molecule has 0 bridgehead atoms. The number of nitrogens with two attached hydrogens (primary N) is 1. The third-order valence-corrected chi connectivity index (χ3v) is 1.59. The molecular formula is C7H8N4. The van der Waals surface area contributed by atoms with Gasteiger partial charge in [-0.05, 0) is 12.5 Å². The van der Waals surface area contributed by atoms with Crippen LogP contribution in [0.1, 0.15) is 5.56 Å². The first-order valence-corrected chi connectivity index (χ1v) is 3.33. The SMILES string of the molecule is Cc1c[nH]c2ncc(N)nc12. The highest BCUT2D eigenvalue weighted by Gasteiger charge is 2.00. The molecule has 0 unspecified atom stereocenters. The number of aryl methyl sites for hydroxylation is 1. The van der Waals surface area contributed by atoms with E-state index in [9.17, 15) is 0 Å². The lowest BCUT2D eigenvalue weighted by Crippen LogP contribution is -1.91. The number of anilines is 1. The Bertz CT molecular complexity index is 390. The molecule has 4 heteroatoms. The lowest BCUT2D eigenvalue weighted by Gasteiger charge is -1.91. The van der Waals surface area contributed by atoms with Crippen LogP contribution in [0.3, 0.4) is 0 Å². The van der Waals surface area contributed by atoms with E-state index in [0.29, 0.717) is 5.82 Å². The van der Waals surface area contributed by atoms with E-state index in [0.717, 1.165) is 16.7 Å². The summed E-state index contributed by atoms with van der Waals surface area (Å²) in [7, 11) is 0. The predicted molar refractivity (Wildman–Crippen MR) is 43.0 cm³/mol. The molecule has 2 heterocycles. The van der Waals surface area contributed by atoms with E-state index >= 15 is 0 Å². The largest absolute Gasteiger partial charge is 0.382 e. The topological polar surface area (TPSA) is 67.6 Å². The van der Waals surface area contributed by atoms with E-state index < -0.39 is 0 Å². The summed E-state index contributed by atoms with van der Waals surface area (Å²) in [6.07, 6.45) is 3.41. The number of nitrogens with zero attached hydrogens (tertiary/aromatic N) is 2. The van der Waals surface area contributed by atoms with Crippen molar-refractivity contribution in [1.82, 2.24) is 15.0 Å². The lowest BCUT2D eigenvalue weighted by atomic mass is 10.3. The van der Waals surface area contributed by atoms with Gasteiger partial charge in [-0.15, -0.1) is 0 Å². The van der Waals surface area contributed by atoms with Gasteiger partial charge in [0, 0.05) is 6.20 Å². The summed E-state index contributed by atoms with van der Waals surface area (Å²) in [5, 5.41) is 0. The number of aromatic amines is 1. The molecule has 0 aromatic carbocycles. The van der Waals surface area contributed by atoms with E-state index in [-0.39, 0.29) is 0 Å². The molecular weight excluding hydrogens is 140 g/mol. The van der Waals surface area contributed by atoms with Crippen LogP contribution < -0.4 is 5.73 Å². The Balaban J connectivity index is 2.87. The van der Waals surface area contributed by atoms with Crippen molar-refractivity contribution in [2.75, 3.05) is 5.73 Å². The zero-order valence-corrected chi connectivity index (χ0v) is 6.13. The van der Waals surface area contributed by atoms with Crippen LogP contribution in [0.15, 0.2) is 12.4 Å². The van der Waals surface area contributed by atoms with Crippen LogP contribution in [0.25, 0.3) is 11.2 Å². The van der Waals surface area contributed by atoms with Gasteiger partial charge in [0.05, 0.1) is 6.20 Å². The van der Waals surface area contributed by atoms with Crippen molar-refractivity contribution in [2.45, 2.75) is 6.92 Å². The molecule has 0 radical (unpaired) electrons. The highest BCUT2D eigenvalue weighted by atomic mass is 15.0. The van der Waals surface area contributed by atoms with E-state index in [1.807, 2.05) is 13.1 Å². The number of hydrogen-bond donors (Lipinski definition) is 2. The van der Waals surface area contributed by atoms with Crippen molar-refractivity contribution in [3.8, 4) is 0 Å². The minimum Gasteiger partial charge on any atom is -0.382 e. The summed E-state index contributed by atoms with van der Waals surface area (Å²) in [6.45, 7) is 1.97. The monoisotopic (exact) mass is 148 g/mol. The Kier molecular flexibility index (Phi) is 1.09. The number of aromatic nitrogens is 3. The summed E-state index contributed by atoms with van der Waals surface area (Å²) in [5.41, 5.74) is 8.17. The maximum Gasteiger partial charge on any atom is 0.156 e. The fraction of sp³-hybridized carbons (Fsp3) is 0.143. The number of nitrogens with one attached hydrogen (secondary N) is 1. The van der Waals surface area contributed by atoms with Gasteiger partial charge in [0.15, 0.2) is 5.65 Å². The predicted octanol–water partition coefficient (Wildman–Crippen LogP) is 0.849. The summed E-state index contributed by atoms with van der Waals surface area (Å²) >= 11 is 0. The van der Waals surface area contributed by atoms with Gasteiger partial charge in [-0.3, -0.25) is 0 Å². The highest BCUT2D eigenvalue weighted by molar-refractivity contribution is 5.75. The van der Waals surface area contributed by atoms with Gasteiger partial charge in [-0.1, -0.05) is 0 Å². The van der Waals surface area contributed by atoms with Crippen molar-refractivity contribution in [1.29, 1.82) is 0 Å². The maximum absolute atomic E-state index is 5.46. The molecule has 0 aliphatic carbocycles. The van der Waals surface area contributed by atoms with Crippen molar-refractivity contribution in [3.63, 3.8) is 0 Å². The molecule has 2 rings (SSSR count). The number of rotatable bonds is 0. The summed E-state index contributed by atoms with van der Waals surface area (Å²) < 4.78 is 0. The molecule has 2 aromatic heterocycles. The van der Waals surface area contributed by atoms with Gasteiger partial charge in [-0.25, -0.2) is 9.97 Å². The number of nitrogen functional groups attached to an aromatic ring is 1. The van der Waals surface area contributed by atoms with Crippen LogP contribution in [-0.2, 0) is 0 Å². The smallest absolute Gasteiger partial charge is 0.156 e. The normalized spacial score (nSPS) is 10.6. The molecule has 11 heavy (non-hydrogen) atoms. The van der Waals surface area contributed by atoms with E-state index in [1.54, 1.807) is 0 Å². The molecule has 0 saturated carbocycles. The molecule has 2 aromatic rings. The molecule has 0 saturated heterocycles. The van der Waals surface area contributed by atoms with Crippen molar-refractivity contribution >= 4 is 17.0 Å². The minimum absolute atomic E-state index is 0.459. The van der Waals surface area contributed by atoms with Crippen molar-refractivity contribution in [2.24, 2.45) is 0 Å². The average molecular weight is 148 g/mol. The van der Waals surface area contributed by atoms with Crippen LogP contribution >= 0.6 is 0 Å². The van der Waals surface area contributed by atoms with E-state index in [2.05, 4.69) is 15.0 Å². The fourth-order valence-corrected chi connectivity index (χ4v) is 1.03. The van der Waals surface area contributed by atoms with E-state index in [4.69, 9.17) is 5.73 Å². The van der Waals surface area contributed by atoms with Gasteiger partial charge < -0.3 is 10.7 Å². The van der Waals surface area contributed by atoms with Gasteiger partial charge in [-0.2, -0.15) is 0 Å². The summed E-state index contributed by atoms with van der Waals surface area (Å²) in [6, 6.07) is 0. The first-order valence-electron chi connectivity index (χ1n) is 3.33. The quantitative estimate of drug-likeness (QED) is 0.582. The van der Waals surface area contributed by atoms with Gasteiger partial charge >= 0.3 is 0 Å². The van der Waals surface area contributed by atoms with Crippen molar-refractivity contribution < 1.29 is 0 Å². The average Bonchev–Trinajstić information content (AvgIpc) is 2.33. The number of hydrogen-bond acceptors (Lipinski definition) is 3. The van der Waals surface area contributed by atoms with Crippen LogP contribution in [0.4, 0.5) is 5.82 Å². The van der Waals surface area contributed by atoms with Crippen LogP contribution in [-0.4, -0.2) is 15.0 Å². The first-order chi connectivity index (χ1) is 5.27. The molecule has 0 amide bonds. The molecule has 3 N–H and O–H groups in total. The molecule has 0 fully saturated rings. The Labute approximate surface area is 63.5 Å². The van der Waals surface area contributed by atoms with Crippen LogP contribution in [0, 0.1) is 6.92 Å². The Hall–Kier alpha value is -1.58. The fourth-order valence-electron chi connectivity index (χ4n) is 1.03. The number of H-pyrrole nitrogens is 1. The van der Waals surface area contributed by atoms with E-state index in [1.165, 1.54) is 6.20 Å².